The zero-order valence-electron chi connectivity index (χ0n) is 11.4. The highest BCUT2D eigenvalue weighted by Crippen LogP contribution is 2.14. The Morgan fingerprint density at radius 1 is 1.35 bits per heavy atom. The van der Waals surface area contributed by atoms with Gasteiger partial charge in [-0.05, 0) is 44.2 Å². The molecule has 0 fully saturated rings. The maximum Gasteiger partial charge on any atom is 0.319 e. The molecule has 2 amide bonds. The second-order valence-corrected chi connectivity index (χ2v) is 4.86. The lowest BCUT2D eigenvalue weighted by atomic mass is 10.2. The lowest BCUT2D eigenvalue weighted by molar-refractivity contribution is 0.249. The van der Waals surface area contributed by atoms with Crippen molar-refractivity contribution in [1.82, 2.24) is 15.1 Å². The number of nitrogens with zero attached hydrogens (tertiary/aromatic N) is 2. The van der Waals surface area contributed by atoms with E-state index in [0.717, 1.165) is 12.2 Å². The second kappa shape index (κ2) is 6.43. The molecule has 6 heteroatoms. The average Bonchev–Trinajstić information content (AvgIpc) is 2.90. The highest BCUT2D eigenvalue weighted by molar-refractivity contribution is 6.30. The predicted octanol–water partition coefficient (Wildman–Crippen LogP) is 3.44. The minimum atomic E-state index is -0.272. The molecule has 0 aliphatic heterocycles. The van der Waals surface area contributed by atoms with Crippen LogP contribution in [0.15, 0.2) is 36.5 Å². The molecule has 2 N–H and O–H groups in total. The molecule has 20 heavy (non-hydrogen) atoms. The van der Waals surface area contributed by atoms with Gasteiger partial charge in [0.15, 0.2) is 0 Å². The number of benzene rings is 1. The number of hydrogen-bond acceptors (Lipinski definition) is 2. The summed E-state index contributed by atoms with van der Waals surface area (Å²) in [6.45, 7) is 4.72. The summed E-state index contributed by atoms with van der Waals surface area (Å²) < 4.78 is 1.82. The van der Waals surface area contributed by atoms with Crippen LogP contribution >= 0.6 is 11.6 Å². The fourth-order valence-electron chi connectivity index (χ4n) is 1.76. The number of hydrogen-bond donors (Lipinski definition) is 2. The van der Waals surface area contributed by atoms with E-state index in [4.69, 9.17) is 11.6 Å². The van der Waals surface area contributed by atoms with Crippen LogP contribution in [0.5, 0.6) is 0 Å². The van der Waals surface area contributed by atoms with E-state index in [2.05, 4.69) is 15.7 Å². The fourth-order valence-corrected chi connectivity index (χ4v) is 1.88. The minimum absolute atomic E-state index is 0.157. The van der Waals surface area contributed by atoms with Crippen LogP contribution in [0, 0.1) is 0 Å². The van der Waals surface area contributed by atoms with Crippen molar-refractivity contribution in [3.05, 3.63) is 47.2 Å². The third-order valence-corrected chi connectivity index (χ3v) is 3.13. The van der Waals surface area contributed by atoms with Gasteiger partial charge in [0.1, 0.15) is 0 Å². The maximum atomic E-state index is 11.9. The summed E-state index contributed by atoms with van der Waals surface area (Å²) >= 11 is 5.79. The van der Waals surface area contributed by atoms with E-state index in [1.807, 2.05) is 30.8 Å². The van der Waals surface area contributed by atoms with Crippen molar-refractivity contribution in [1.29, 1.82) is 0 Å². The van der Waals surface area contributed by atoms with Crippen molar-refractivity contribution in [2.45, 2.75) is 26.4 Å². The number of rotatable bonds is 4. The summed E-state index contributed by atoms with van der Waals surface area (Å²) in [6.07, 6.45) is 1.89. The van der Waals surface area contributed by atoms with Gasteiger partial charge in [-0.25, -0.2) is 4.79 Å². The maximum absolute atomic E-state index is 11.9. The summed E-state index contributed by atoms with van der Waals surface area (Å²) in [5.41, 5.74) is 1.52. The molecule has 1 aromatic heterocycles. The number of amides is 2. The Morgan fingerprint density at radius 3 is 2.65 bits per heavy atom. The van der Waals surface area contributed by atoms with Gasteiger partial charge >= 0.3 is 6.03 Å². The standard InChI is InChI=1S/C14H17ClN4O/c1-3-19-9-8-13(18-19)10(2)16-14(20)17-12-6-4-11(15)5-7-12/h4-10H,3H2,1-2H3,(H2,16,17,20). The monoisotopic (exact) mass is 292 g/mol. The SMILES string of the molecule is CCn1ccc(C(C)NC(=O)Nc2ccc(Cl)cc2)n1. The minimum Gasteiger partial charge on any atom is -0.330 e. The molecular weight excluding hydrogens is 276 g/mol. The Bertz CT molecular complexity index is 579. The number of nitrogens with one attached hydrogen (secondary N) is 2. The van der Waals surface area contributed by atoms with E-state index in [1.165, 1.54) is 0 Å². The van der Waals surface area contributed by atoms with E-state index < -0.39 is 0 Å². The quantitative estimate of drug-likeness (QED) is 0.907. The Morgan fingerprint density at radius 2 is 2.05 bits per heavy atom. The molecule has 2 rings (SSSR count). The van der Waals surface area contributed by atoms with Crippen molar-refractivity contribution in [2.75, 3.05) is 5.32 Å². The number of carbonyl (C=O) groups excluding carboxylic acids is 1. The highest BCUT2D eigenvalue weighted by atomic mass is 35.5. The van der Waals surface area contributed by atoms with Crippen LogP contribution in [0.1, 0.15) is 25.6 Å². The molecule has 2 aromatic rings. The number of aromatic nitrogens is 2. The van der Waals surface area contributed by atoms with Crippen LogP contribution in [0.3, 0.4) is 0 Å². The van der Waals surface area contributed by atoms with Crippen LogP contribution in [0.2, 0.25) is 5.02 Å². The van der Waals surface area contributed by atoms with Crippen LogP contribution in [-0.2, 0) is 6.54 Å². The van der Waals surface area contributed by atoms with Crippen LogP contribution in [0.25, 0.3) is 0 Å². The zero-order chi connectivity index (χ0) is 14.5. The predicted molar refractivity (Wildman–Crippen MR) is 79.9 cm³/mol. The molecule has 0 saturated heterocycles. The molecule has 106 valence electrons. The first-order valence-electron chi connectivity index (χ1n) is 6.45. The summed E-state index contributed by atoms with van der Waals surface area (Å²) in [5, 5.41) is 10.6. The smallest absolute Gasteiger partial charge is 0.319 e. The lowest BCUT2D eigenvalue weighted by Gasteiger charge is -2.12. The largest absolute Gasteiger partial charge is 0.330 e. The van der Waals surface area contributed by atoms with E-state index in [0.29, 0.717) is 10.7 Å². The van der Waals surface area contributed by atoms with Crippen LogP contribution in [-0.4, -0.2) is 15.8 Å². The topological polar surface area (TPSA) is 59.0 Å². The summed E-state index contributed by atoms with van der Waals surface area (Å²) in [4.78, 5) is 11.9. The van der Waals surface area contributed by atoms with Gasteiger partial charge in [0.05, 0.1) is 11.7 Å². The van der Waals surface area contributed by atoms with E-state index in [-0.39, 0.29) is 12.1 Å². The molecule has 0 spiro atoms. The van der Waals surface area contributed by atoms with Crippen molar-refractivity contribution >= 4 is 23.3 Å². The first kappa shape index (κ1) is 14.4. The third-order valence-electron chi connectivity index (χ3n) is 2.88. The van der Waals surface area contributed by atoms with Gasteiger partial charge in [-0.1, -0.05) is 11.6 Å². The molecule has 1 atom stereocenters. The van der Waals surface area contributed by atoms with Gasteiger partial charge in [-0.15, -0.1) is 0 Å². The lowest BCUT2D eigenvalue weighted by Crippen LogP contribution is -2.31. The van der Waals surface area contributed by atoms with Gasteiger partial charge < -0.3 is 10.6 Å². The summed E-state index contributed by atoms with van der Waals surface area (Å²) in [7, 11) is 0. The van der Waals surface area contributed by atoms with E-state index >= 15 is 0 Å². The van der Waals surface area contributed by atoms with Gasteiger partial charge in [-0.2, -0.15) is 5.10 Å². The van der Waals surface area contributed by atoms with Crippen LogP contribution in [0.4, 0.5) is 10.5 Å². The van der Waals surface area contributed by atoms with Crippen molar-refractivity contribution in [3.63, 3.8) is 0 Å². The second-order valence-electron chi connectivity index (χ2n) is 4.42. The third kappa shape index (κ3) is 3.74. The molecule has 0 bridgehead atoms. The molecule has 5 nitrogen and oxygen atoms in total. The molecule has 0 saturated carbocycles. The Kier molecular flexibility index (Phi) is 4.63. The van der Waals surface area contributed by atoms with E-state index in [1.54, 1.807) is 24.3 Å². The number of aryl methyl sites for hydroxylation is 1. The number of anilines is 1. The number of carbonyl (C=O) groups is 1. The molecule has 0 aliphatic rings. The Labute approximate surface area is 122 Å². The summed E-state index contributed by atoms with van der Waals surface area (Å²) in [6, 6.07) is 8.42. The molecule has 0 aliphatic carbocycles. The first-order valence-corrected chi connectivity index (χ1v) is 6.82. The van der Waals surface area contributed by atoms with Gasteiger partial charge in [0.25, 0.3) is 0 Å². The Hall–Kier alpha value is -2.01. The fraction of sp³-hybridized carbons (Fsp3) is 0.286. The normalized spacial score (nSPS) is 11.9. The van der Waals surface area contributed by atoms with Gasteiger partial charge in [-0.3, -0.25) is 4.68 Å². The van der Waals surface area contributed by atoms with Crippen LogP contribution < -0.4 is 10.6 Å². The number of halogens is 1. The Balaban J connectivity index is 1.92. The molecular formula is C14H17ClN4O. The first-order chi connectivity index (χ1) is 9.58. The molecule has 1 aromatic carbocycles. The summed E-state index contributed by atoms with van der Waals surface area (Å²) in [5.74, 6) is 0. The highest BCUT2D eigenvalue weighted by Gasteiger charge is 2.12. The zero-order valence-corrected chi connectivity index (χ0v) is 12.2. The van der Waals surface area contributed by atoms with Crippen molar-refractivity contribution in [2.24, 2.45) is 0 Å². The van der Waals surface area contributed by atoms with Gasteiger partial charge in [0, 0.05) is 23.5 Å². The molecule has 0 radical (unpaired) electrons. The number of urea groups is 1. The van der Waals surface area contributed by atoms with Crippen molar-refractivity contribution in [3.8, 4) is 0 Å². The molecule has 1 heterocycles. The molecule has 1 unspecified atom stereocenters. The average molecular weight is 293 g/mol. The van der Waals surface area contributed by atoms with Gasteiger partial charge in [0.2, 0.25) is 0 Å². The van der Waals surface area contributed by atoms with E-state index in [9.17, 15) is 4.79 Å². The van der Waals surface area contributed by atoms with Crippen molar-refractivity contribution < 1.29 is 4.79 Å².